The van der Waals surface area contributed by atoms with Crippen molar-refractivity contribution in [1.29, 1.82) is 0 Å². The van der Waals surface area contributed by atoms with Crippen molar-refractivity contribution in [3.63, 3.8) is 0 Å². The van der Waals surface area contributed by atoms with Gasteiger partial charge >= 0.3 is 0 Å². The van der Waals surface area contributed by atoms with E-state index in [1.165, 1.54) is 0 Å². The Morgan fingerprint density at radius 3 is 2.36 bits per heavy atom. The lowest BCUT2D eigenvalue weighted by molar-refractivity contribution is -0.139. The lowest BCUT2D eigenvalue weighted by atomic mass is 9.86. The first-order chi connectivity index (χ1) is 10.4. The average Bonchev–Trinajstić information content (AvgIpc) is 2.52. The summed E-state index contributed by atoms with van der Waals surface area (Å²) >= 11 is 0. The molecule has 1 heterocycles. The highest BCUT2D eigenvalue weighted by Gasteiger charge is 2.43. The van der Waals surface area contributed by atoms with Crippen molar-refractivity contribution < 1.29 is 14.3 Å². The minimum Gasteiger partial charge on any atom is -0.497 e. The van der Waals surface area contributed by atoms with Crippen LogP contribution in [0.2, 0.25) is 0 Å². The van der Waals surface area contributed by atoms with Crippen LogP contribution < -0.4 is 4.74 Å². The normalized spacial score (nSPS) is 21.8. The van der Waals surface area contributed by atoms with E-state index in [2.05, 4.69) is 4.99 Å². The van der Waals surface area contributed by atoms with Crippen LogP contribution in [0.3, 0.4) is 0 Å². The minimum atomic E-state index is -0.768. The highest BCUT2D eigenvalue weighted by Crippen LogP contribution is 2.29. The maximum Gasteiger partial charge on any atom is 0.251 e. The maximum atomic E-state index is 12.8. The van der Waals surface area contributed by atoms with Gasteiger partial charge in [0.25, 0.3) is 5.91 Å². The van der Waals surface area contributed by atoms with E-state index in [-0.39, 0.29) is 11.8 Å². The predicted molar refractivity (Wildman–Crippen MR) is 86.1 cm³/mol. The fourth-order valence-corrected chi connectivity index (χ4v) is 2.46. The number of carbonyl (C=O) groups is 1. The number of rotatable bonds is 4. The molecular weight excluding hydrogens is 280 g/mol. The van der Waals surface area contributed by atoms with Crippen LogP contribution in [-0.4, -0.2) is 43.0 Å². The zero-order valence-corrected chi connectivity index (χ0v) is 13.9. The van der Waals surface area contributed by atoms with Crippen molar-refractivity contribution in [3.05, 3.63) is 29.8 Å². The van der Waals surface area contributed by atoms with Gasteiger partial charge in [-0.1, -0.05) is 26.0 Å². The summed E-state index contributed by atoms with van der Waals surface area (Å²) in [5, 5.41) is 0. The molecule has 1 aliphatic rings. The Morgan fingerprint density at radius 2 is 1.86 bits per heavy atom. The molecule has 1 atom stereocenters. The van der Waals surface area contributed by atoms with Gasteiger partial charge in [0.05, 0.1) is 20.8 Å². The molecular formula is C17H24N2O3. The van der Waals surface area contributed by atoms with Crippen LogP contribution in [0.4, 0.5) is 0 Å². The Morgan fingerprint density at radius 1 is 1.23 bits per heavy atom. The van der Waals surface area contributed by atoms with E-state index < -0.39 is 5.54 Å². The summed E-state index contributed by atoms with van der Waals surface area (Å²) in [5.41, 5.74) is 0.286. The predicted octanol–water partition coefficient (Wildman–Crippen LogP) is 2.50. The number of aliphatic imine (C=N–C) groups is 1. The second kappa shape index (κ2) is 6.38. The molecule has 0 saturated heterocycles. The summed E-state index contributed by atoms with van der Waals surface area (Å²) in [6.45, 7) is 6.83. The van der Waals surface area contributed by atoms with Gasteiger partial charge in [-0.2, -0.15) is 0 Å². The molecule has 120 valence electrons. The SMILES string of the molecule is COC1=NC(C)(C(C)C)C(=O)N(Cc2ccc(OC)cc2)C1. The van der Waals surface area contributed by atoms with E-state index in [1.807, 2.05) is 45.0 Å². The molecule has 1 aromatic rings. The Kier molecular flexibility index (Phi) is 4.74. The number of nitrogens with zero attached hydrogens (tertiary/aromatic N) is 2. The first kappa shape index (κ1) is 16.3. The van der Waals surface area contributed by atoms with Crippen molar-refractivity contribution in [3.8, 4) is 5.75 Å². The number of hydrogen-bond acceptors (Lipinski definition) is 4. The summed E-state index contributed by atoms with van der Waals surface area (Å²) in [4.78, 5) is 19.1. The topological polar surface area (TPSA) is 51.1 Å². The second-order valence-corrected chi connectivity index (χ2v) is 6.02. The van der Waals surface area contributed by atoms with Gasteiger partial charge in [-0.05, 0) is 30.5 Å². The van der Waals surface area contributed by atoms with Crippen LogP contribution in [0.25, 0.3) is 0 Å². The van der Waals surface area contributed by atoms with Crippen molar-refractivity contribution in [2.45, 2.75) is 32.9 Å². The van der Waals surface area contributed by atoms with Crippen molar-refractivity contribution in [2.75, 3.05) is 20.8 Å². The average molecular weight is 304 g/mol. The number of benzene rings is 1. The van der Waals surface area contributed by atoms with Gasteiger partial charge in [-0.3, -0.25) is 4.79 Å². The van der Waals surface area contributed by atoms with E-state index >= 15 is 0 Å². The highest BCUT2D eigenvalue weighted by molar-refractivity contribution is 5.96. The van der Waals surface area contributed by atoms with Gasteiger partial charge in [0.1, 0.15) is 11.3 Å². The highest BCUT2D eigenvalue weighted by atomic mass is 16.5. The van der Waals surface area contributed by atoms with Crippen molar-refractivity contribution in [2.24, 2.45) is 10.9 Å². The molecule has 0 radical (unpaired) electrons. The quantitative estimate of drug-likeness (QED) is 0.859. The van der Waals surface area contributed by atoms with Gasteiger partial charge < -0.3 is 14.4 Å². The van der Waals surface area contributed by atoms with E-state index in [0.717, 1.165) is 11.3 Å². The molecule has 0 saturated carbocycles. The fraction of sp³-hybridized carbons (Fsp3) is 0.529. The van der Waals surface area contributed by atoms with Crippen LogP contribution in [-0.2, 0) is 16.1 Å². The third kappa shape index (κ3) is 3.08. The van der Waals surface area contributed by atoms with Crippen molar-refractivity contribution >= 4 is 11.8 Å². The van der Waals surface area contributed by atoms with E-state index in [0.29, 0.717) is 19.0 Å². The molecule has 0 N–H and O–H groups in total. The molecule has 1 amide bonds. The third-order valence-electron chi connectivity index (χ3n) is 4.30. The number of amides is 1. The van der Waals surface area contributed by atoms with E-state index in [4.69, 9.17) is 9.47 Å². The summed E-state index contributed by atoms with van der Waals surface area (Å²) in [6.07, 6.45) is 0. The molecule has 5 nitrogen and oxygen atoms in total. The zero-order valence-electron chi connectivity index (χ0n) is 13.9. The smallest absolute Gasteiger partial charge is 0.251 e. The summed E-state index contributed by atoms with van der Waals surface area (Å²) in [6, 6.07) is 7.74. The summed E-state index contributed by atoms with van der Waals surface area (Å²) in [7, 11) is 3.24. The van der Waals surface area contributed by atoms with Gasteiger partial charge in [-0.15, -0.1) is 0 Å². The Bertz CT molecular complexity index is 566. The molecule has 1 unspecified atom stereocenters. The van der Waals surface area contributed by atoms with Crippen LogP contribution in [0.15, 0.2) is 29.3 Å². The summed E-state index contributed by atoms with van der Waals surface area (Å²) in [5.74, 6) is 1.55. The Labute approximate surface area is 131 Å². The van der Waals surface area contributed by atoms with Gasteiger partial charge in [0.2, 0.25) is 5.90 Å². The number of ether oxygens (including phenoxy) is 2. The molecule has 1 aromatic carbocycles. The number of carbonyl (C=O) groups excluding carboxylic acids is 1. The first-order valence-electron chi connectivity index (χ1n) is 7.45. The lowest BCUT2D eigenvalue weighted by Gasteiger charge is -2.38. The Hall–Kier alpha value is -2.04. The standard InChI is InChI=1S/C17H24N2O3/c1-12(2)17(3)16(20)19(11-15(18-17)22-5)10-13-6-8-14(21-4)9-7-13/h6-9,12H,10-11H2,1-5H3. The molecule has 2 rings (SSSR count). The van der Waals surface area contributed by atoms with Gasteiger partial charge in [0.15, 0.2) is 0 Å². The zero-order chi connectivity index (χ0) is 16.3. The molecule has 0 bridgehead atoms. The number of methoxy groups -OCH3 is 2. The number of hydrogen-bond donors (Lipinski definition) is 0. The molecule has 0 fully saturated rings. The largest absolute Gasteiger partial charge is 0.497 e. The summed E-state index contributed by atoms with van der Waals surface area (Å²) < 4.78 is 10.5. The van der Waals surface area contributed by atoms with E-state index in [1.54, 1.807) is 19.1 Å². The van der Waals surface area contributed by atoms with Crippen molar-refractivity contribution in [1.82, 2.24) is 4.90 Å². The molecule has 0 aliphatic carbocycles. The monoisotopic (exact) mass is 304 g/mol. The van der Waals surface area contributed by atoms with Crippen LogP contribution >= 0.6 is 0 Å². The third-order valence-corrected chi connectivity index (χ3v) is 4.30. The van der Waals surface area contributed by atoms with Crippen LogP contribution in [0, 0.1) is 5.92 Å². The molecule has 0 aromatic heterocycles. The van der Waals surface area contributed by atoms with Gasteiger partial charge in [0, 0.05) is 6.54 Å². The molecule has 0 spiro atoms. The lowest BCUT2D eigenvalue weighted by Crippen LogP contribution is -2.54. The second-order valence-electron chi connectivity index (χ2n) is 6.02. The first-order valence-corrected chi connectivity index (χ1v) is 7.45. The Balaban J connectivity index is 2.23. The minimum absolute atomic E-state index is 0.0409. The van der Waals surface area contributed by atoms with Gasteiger partial charge in [-0.25, -0.2) is 4.99 Å². The van der Waals surface area contributed by atoms with Crippen LogP contribution in [0.5, 0.6) is 5.75 Å². The molecule has 5 heteroatoms. The molecule has 1 aliphatic heterocycles. The maximum absolute atomic E-state index is 12.8. The fourth-order valence-electron chi connectivity index (χ4n) is 2.46. The molecule has 22 heavy (non-hydrogen) atoms. The van der Waals surface area contributed by atoms with E-state index in [9.17, 15) is 4.79 Å². The van der Waals surface area contributed by atoms with Crippen LogP contribution in [0.1, 0.15) is 26.3 Å².